The molecular formula is C15H16BrN3O2. The van der Waals surface area contributed by atoms with Gasteiger partial charge in [-0.2, -0.15) is 0 Å². The molecule has 0 bridgehead atoms. The van der Waals surface area contributed by atoms with Crippen LogP contribution >= 0.6 is 15.9 Å². The van der Waals surface area contributed by atoms with E-state index in [4.69, 9.17) is 16.2 Å². The molecule has 0 unspecified atom stereocenters. The van der Waals surface area contributed by atoms with Crippen molar-refractivity contribution in [2.24, 2.45) is 5.73 Å². The SMILES string of the molecule is NC(=O)c1c(Br)cccc1NCCOc1ccc(N)cc1. The minimum absolute atomic E-state index is 0.435. The highest BCUT2D eigenvalue weighted by Gasteiger charge is 2.11. The van der Waals surface area contributed by atoms with E-state index in [0.29, 0.717) is 34.6 Å². The summed E-state index contributed by atoms with van der Waals surface area (Å²) in [5.74, 6) is 0.264. The maximum atomic E-state index is 11.4. The minimum atomic E-state index is -0.482. The molecule has 0 atom stereocenters. The molecule has 5 N–H and O–H groups in total. The van der Waals surface area contributed by atoms with Crippen LogP contribution in [0.5, 0.6) is 5.75 Å². The van der Waals surface area contributed by atoms with Crippen molar-refractivity contribution in [3.63, 3.8) is 0 Å². The van der Waals surface area contributed by atoms with Crippen molar-refractivity contribution in [1.82, 2.24) is 0 Å². The first-order valence-corrected chi connectivity index (χ1v) is 7.18. The molecule has 2 rings (SSSR count). The van der Waals surface area contributed by atoms with Crippen LogP contribution in [-0.2, 0) is 0 Å². The van der Waals surface area contributed by atoms with Crippen LogP contribution in [-0.4, -0.2) is 19.1 Å². The van der Waals surface area contributed by atoms with E-state index in [1.165, 1.54) is 0 Å². The third-order valence-electron chi connectivity index (χ3n) is 2.83. The zero-order valence-electron chi connectivity index (χ0n) is 11.3. The van der Waals surface area contributed by atoms with Gasteiger partial charge in [-0.1, -0.05) is 6.07 Å². The lowest BCUT2D eigenvalue weighted by Gasteiger charge is -2.12. The maximum absolute atomic E-state index is 11.4. The molecule has 0 aliphatic carbocycles. The van der Waals surface area contributed by atoms with E-state index in [1.54, 1.807) is 24.3 Å². The van der Waals surface area contributed by atoms with Crippen LogP contribution in [0.1, 0.15) is 10.4 Å². The van der Waals surface area contributed by atoms with Crippen LogP contribution in [0, 0.1) is 0 Å². The summed E-state index contributed by atoms with van der Waals surface area (Å²) in [4.78, 5) is 11.4. The van der Waals surface area contributed by atoms with E-state index in [-0.39, 0.29) is 0 Å². The molecule has 5 nitrogen and oxygen atoms in total. The Morgan fingerprint density at radius 2 is 1.90 bits per heavy atom. The topological polar surface area (TPSA) is 90.4 Å². The molecule has 2 aromatic carbocycles. The first-order chi connectivity index (χ1) is 10.1. The molecular weight excluding hydrogens is 334 g/mol. The predicted octanol–water partition coefficient (Wildman–Crippen LogP) is 2.62. The molecule has 2 aromatic rings. The molecule has 0 spiro atoms. The number of nitrogens with two attached hydrogens (primary N) is 2. The highest BCUT2D eigenvalue weighted by Crippen LogP contribution is 2.24. The van der Waals surface area contributed by atoms with Gasteiger partial charge in [0, 0.05) is 22.4 Å². The van der Waals surface area contributed by atoms with E-state index in [1.807, 2.05) is 18.2 Å². The zero-order valence-corrected chi connectivity index (χ0v) is 12.9. The van der Waals surface area contributed by atoms with Gasteiger partial charge in [0.2, 0.25) is 0 Å². The van der Waals surface area contributed by atoms with E-state index in [2.05, 4.69) is 21.2 Å². The number of benzene rings is 2. The van der Waals surface area contributed by atoms with Crippen molar-refractivity contribution >= 4 is 33.2 Å². The molecule has 1 amide bonds. The fraction of sp³-hybridized carbons (Fsp3) is 0.133. The Labute approximate surface area is 131 Å². The first kappa shape index (κ1) is 15.2. The van der Waals surface area contributed by atoms with E-state index in [0.717, 1.165) is 5.75 Å². The molecule has 0 aliphatic rings. The monoisotopic (exact) mass is 349 g/mol. The number of anilines is 2. The summed E-state index contributed by atoms with van der Waals surface area (Å²) < 4.78 is 6.23. The van der Waals surface area contributed by atoms with Gasteiger partial charge in [0.15, 0.2) is 0 Å². The number of ether oxygens (including phenoxy) is 1. The number of carbonyl (C=O) groups is 1. The summed E-state index contributed by atoms with van der Waals surface area (Å²) >= 11 is 3.32. The summed E-state index contributed by atoms with van der Waals surface area (Å²) in [6.45, 7) is 0.996. The van der Waals surface area contributed by atoms with Gasteiger partial charge in [0.05, 0.1) is 5.56 Å². The number of carbonyl (C=O) groups excluding carboxylic acids is 1. The van der Waals surface area contributed by atoms with Crippen LogP contribution in [0.3, 0.4) is 0 Å². The molecule has 21 heavy (non-hydrogen) atoms. The summed E-state index contributed by atoms with van der Waals surface area (Å²) in [6, 6.07) is 12.6. The molecule has 0 heterocycles. The molecule has 6 heteroatoms. The van der Waals surface area contributed by atoms with Crippen molar-refractivity contribution in [2.45, 2.75) is 0 Å². The second-order valence-corrected chi connectivity index (χ2v) is 5.23. The number of amides is 1. The largest absolute Gasteiger partial charge is 0.492 e. The standard InChI is InChI=1S/C15H16BrN3O2/c16-12-2-1-3-13(14(12)15(18)20)19-8-9-21-11-6-4-10(17)5-7-11/h1-7,19H,8-9,17H2,(H2,18,20). The number of hydrogen-bond acceptors (Lipinski definition) is 4. The van der Waals surface area contributed by atoms with Crippen LogP contribution in [0.15, 0.2) is 46.9 Å². The normalized spacial score (nSPS) is 10.1. The van der Waals surface area contributed by atoms with Gasteiger partial charge in [0.25, 0.3) is 5.91 Å². The number of nitrogens with one attached hydrogen (secondary N) is 1. The van der Waals surface area contributed by atoms with Crippen molar-refractivity contribution in [3.8, 4) is 5.75 Å². The van der Waals surface area contributed by atoms with Crippen LogP contribution in [0.4, 0.5) is 11.4 Å². The number of rotatable bonds is 6. The number of halogens is 1. The van der Waals surface area contributed by atoms with Crippen molar-refractivity contribution in [3.05, 3.63) is 52.5 Å². The molecule has 0 aliphatic heterocycles. The smallest absolute Gasteiger partial charge is 0.251 e. The minimum Gasteiger partial charge on any atom is -0.492 e. The second kappa shape index (κ2) is 6.99. The lowest BCUT2D eigenvalue weighted by molar-refractivity contribution is 0.100. The van der Waals surface area contributed by atoms with Crippen LogP contribution in [0.2, 0.25) is 0 Å². The molecule has 0 saturated heterocycles. The Balaban J connectivity index is 1.90. The summed E-state index contributed by atoms with van der Waals surface area (Å²) in [5, 5.41) is 3.14. The number of hydrogen-bond donors (Lipinski definition) is 3. The van der Waals surface area contributed by atoms with Gasteiger partial charge in [-0.15, -0.1) is 0 Å². The highest BCUT2D eigenvalue weighted by atomic mass is 79.9. The molecule has 0 radical (unpaired) electrons. The Hall–Kier alpha value is -2.21. The van der Waals surface area contributed by atoms with E-state index < -0.39 is 5.91 Å². The summed E-state index contributed by atoms with van der Waals surface area (Å²) in [7, 11) is 0. The quantitative estimate of drug-likeness (QED) is 0.552. The molecule has 0 aromatic heterocycles. The van der Waals surface area contributed by atoms with Gasteiger partial charge < -0.3 is 21.5 Å². The molecule has 110 valence electrons. The predicted molar refractivity (Wildman–Crippen MR) is 87.5 cm³/mol. The lowest BCUT2D eigenvalue weighted by Crippen LogP contribution is -2.18. The zero-order chi connectivity index (χ0) is 15.2. The van der Waals surface area contributed by atoms with Gasteiger partial charge >= 0.3 is 0 Å². The van der Waals surface area contributed by atoms with Gasteiger partial charge in [-0.3, -0.25) is 4.79 Å². The second-order valence-electron chi connectivity index (χ2n) is 4.37. The van der Waals surface area contributed by atoms with E-state index in [9.17, 15) is 4.79 Å². The van der Waals surface area contributed by atoms with Crippen molar-refractivity contribution in [2.75, 3.05) is 24.2 Å². The fourth-order valence-corrected chi connectivity index (χ4v) is 2.40. The fourth-order valence-electron chi connectivity index (χ4n) is 1.84. The van der Waals surface area contributed by atoms with Crippen LogP contribution < -0.4 is 21.5 Å². The van der Waals surface area contributed by atoms with Crippen molar-refractivity contribution in [1.29, 1.82) is 0 Å². The third kappa shape index (κ3) is 4.13. The number of primary amides is 1. The Morgan fingerprint density at radius 3 is 2.57 bits per heavy atom. The Kier molecular flexibility index (Phi) is 5.05. The number of nitrogen functional groups attached to an aromatic ring is 1. The molecule has 0 fully saturated rings. The Bertz CT molecular complexity index is 629. The average molecular weight is 350 g/mol. The summed E-state index contributed by atoms with van der Waals surface area (Å²) in [6.07, 6.45) is 0. The maximum Gasteiger partial charge on any atom is 0.251 e. The van der Waals surface area contributed by atoms with E-state index >= 15 is 0 Å². The highest BCUT2D eigenvalue weighted by molar-refractivity contribution is 9.10. The molecule has 0 saturated carbocycles. The summed E-state index contributed by atoms with van der Waals surface area (Å²) in [5.41, 5.74) is 12.8. The third-order valence-corrected chi connectivity index (χ3v) is 3.49. The first-order valence-electron chi connectivity index (χ1n) is 6.38. The average Bonchev–Trinajstić information content (AvgIpc) is 2.45. The van der Waals surface area contributed by atoms with Gasteiger partial charge in [-0.25, -0.2) is 0 Å². The van der Waals surface area contributed by atoms with Crippen LogP contribution in [0.25, 0.3) is 0 Å². The Morgan fingerprint density at radius 1 is 1.19 bits per heavy atom. The lowest BCUT2D eigenvalue weighted by atomic mass is 10.1. The van der Waals surface area contributed by atoms with Gasteiger partial charge in [0.1, 0.15) is 12.4 Å². The van der Waals surface area contributed by atoms with Gasteiger partial charge in [-0.05, 0) is 52.3 Å². The van der Waals surface area contributed by atoms with Crippen molar-refractivity contribution < 1.29 is 9.53 Å².